The van der Waals surface area contributed by atoms with Crippen molar-refractivity contribution in [3.05, 3.63) is 81.9 Å². The van der Waals surface area contributed by atoms with Gasteiger partial charge in [0.25, 0.3) is 5.91 Å². The Kier molecular flexibility index (Phi) is 5.60. The Labute approximate surface area is 229 Å². The third-order valence-corrected chi connectivity index (χ3v) is 6.99. The van der Waals surface area contributed by atoms with Crippen molar-refractivity contribution >= 4 is 23.3 Å². The molecule has 2 atom stereocenters. The predicted molar refractivity (Wildman–Crippen MR) is 137 cm³/mol. The second-order valence-electron chi connectivity index (χ2n) is 9.50. The zero-order valence-electron chi connectivity index (χ0n) is 24.5. The van der Waals surface area contributed by atoms with Crippen LogP contribution >= 0.6 is 11.6 Å². The Hall–Kier alpha value is -3.24. The first kappa shape index (κ1) is 21.7. The van der Waals surface area contributed by atoms with E-state index in [1.807, 2.05) is 0 Å². The summed E-state index contributed by atoms with van der Waals surface area (Å²) in [6.07, 6.45) is -2.23. The number of ketones is 1. The maximum atomic E-state index is 16.7. The molecule has 2 N–H and O–H groups in total. The summed E-state index contributed by atoms with van der Waals surface area (Å²) < 4.78 is 56.0. The molecular formula is C28H27ClFN3O5. The van der Waals surface area contributed by atoms with Gasteiger partial charge in [-0.15, -0.1) is 0 Å². The Morgan fingerprint density at radius 3 is 2.45 bits per heavy atom. The van der Waals surface area contributed by atoms with Gasteiger partial charge in [0.05, 0.1) is 47.7 Å². The molecule has 2 aromatic carbocycles. The number of carbonyl (C=O) groups excluding carboxylic acids is 2. The number of hydrogen-bond donors (Lipinski definition) is 2. The minimum absolute atomic E-state index is 0.0688. The number of benzene rings is 2. The fraction of sp³-hybridized carbons (Fsp3) is 0.357. The van der Waals surface area contributed by atoms with Crippen LogP contribution in [0.1, 0.15) is 52.6 Å². The highest BCUT2D eigenvalue weighted by Gasteiger charge is 2.60. The molecule has 1 aromatic heterocycles. The van der Waals surface area contributed by atoms with Gasteiger partial charge in [-0.2, -0.15) is 10.2 Å². The van der Waals surface area contributed by atoms with Gasteiger partial charge in [-0.1, -0.05) is 29.8 Å². The number of fused-ring (bicyclic) bond motifs is 1. The summed E-state index contributed by atoms with van der Waals surface area (Å²) in [6.45, 7) is -4.01. The van der Waals surface area contributed by atoms with Crippen LogP contribution in [0.5, 0.6) is 0 Å². The molecule has 1 aliphatic heterocycles. The molecule has 0 saturated heterocycles. The standard InChI is InChI=1S/C28H27ClFN3O5/c1-16-3-8-20(32-31-16)13-33-26(37)22-10-9-21(18-4-6-19(29)7-5-18)24(30)23(22)28(33,25(36)17(2)35)38-15-27(14-34)11-12-27/h3-10,17,34-35H,11-15H2,1-2H3/t17?,28-/m1/s1/i14D2,15D2. The molecule has 1 amide bonds. The number of carbonyl (C=O) groups is 2. The lowest BCUT2D eigenvalue weighted by molar-refractivity contribution is -0.186. The van der Waals surface area contributed by atoms with Gasteiger partial charge in [-0.05, 0) is 62.6 Å². The molecule has 1 fully saturated rings. The maximum absolute atomic E-state index is 16.7. The van der Waals surface area contributed by atoms with Gasteiger partial charge in [0.2, 0.25) is 11.5 Å². The molecule has 1 aliphatic carbocycles. The van der Waals surface area contributed by atoms with E-state index in [0.29, 0.717) is 16.3 Å². The van der Waals surface area contributed by atoms with Crippen LogP contribution < -0.4 is 0 Å². The van der Waals surface area contributed by atoms with E-state index in [1.54, 1.807) is 13.0 Å². The molecule has 1 saturated carbocycles. The topological polar surface area (TPSA) is 113 Å². The number of halogens is 2. The SMILES string of the molecule is [2H]C([2H])(O)C1(C([2H])([2H])O[C@@]2(C(=O)C(C)O)c3c(ccc(-c4ccc(Cl)cc4)c3F)C(=O)N2Cc2ccc(C)nn2)CC1. The quantitative estimate of drug-likeness (QED) is 0.422. The number of amides is 1. The molecule has 38 heavy (non-hydrogen) atoms. The highest BCUT2D eigenvalue weighted by molar-refractivity contribution is 6.30. The lowest BCUT2D eigenvalue weighted by Crippen LogP contribution is -2.55. The van der Waals surface area contributed by atoms with Gasteiger partial charge in [-0.3, -0.25) is 14.5 Å². The van der Waals surface area contributed by atoms with Crippen molar-refractivity contribution in [2.45, 2.75) is 45.1 Å². The largest absolute Gasteiger partial charge is 0.396 e. The molecule has 10 heteroatoms. The van der Waals surface area contributed by atoms with Gasteiger partial charge in [0.15, 0.2) is 0 Å². The number of nitrogens with zero attached hydrogens (tertiary/aromatic N) is 3. The minimum atomic E-state index is -3.14. The van der Waals surface area contributed by atoms with E-state index >= 15 is 4.39 Å². The average molecular weight is 544 g/mol. The fourth-order valence-electron chi connectivity index (χ4n) is 4.45. The molecule has 0 radical (unpaired) electrons. The van der Waals surface area contributed by atoms with Gasteiger partial charge >= 0.3 is 0 Å². The Balaban J connectivity index is 1.79. The van der Waals surface area contributed by atoms with E-state index in [-0.39, 0.29) is 29.7 Å². The summed E-state index contributed by atoms with van der Waals surface area (Å²) in [6, 6.07) is 11.8. The highest BCUT2D eigenvalue weighted by atomic mass is 35.5. The van der Waals surface area contributed by atoms with E-state index in [9.17, 15) is 19.8 Å². The lowest BCUT2D eigenvalue weighted by atomic mass is 9.90. The number of rotatable bonds is 9. The van der Waals surface area contributed by atoms with Crippen LogP contribution in [0.3, 0.4) is 0 Å². The monoisotopic (exact) mass is 543 g/mol. The van der Waals surface area contributed by atoms with Crippen LogP contribution in [0.2, 0.25) is 5.02 Å². The lowest BCUT2D eigenvalue weighted by Gasteiger charge is -2.39. The van der Waals surface area contributed by atoms with Crippen LogP contribution in [0.25, 0.3) is 11.1 Å². The van der Waals surface area contributed by atoms with Gasteiger partial charge in [-0.25, -0.2) is 4.39 Å². The molecule has 0 spiro atoms. The van der Waals surface area contributed by atoms with E-state index in [2.05, 4.69) is 10.2 Å². The zero-order chi connectivity index (χ0) is 30.8. The van der Waals surface area contributed by atoms with Gasteiger partial charge in [0.1, 0.15) is 11.9 Å². The molecule has 5 rings (SSSR count). The van der Waals surface area contributed by atoms with Crippen molar-refractivity contribution in [1.82, 2.24) is 15.1 Å². The number of hydrogen-bond acceptors (Lipinski definition) is 7. The number of Topliss-reactive ketones (excluding diaryl/α,β-unsaturated/α-hetero) is 1. The average Bonchev–Trinajstić information content (AvgIpc) is 3.72. The summed E-state index contributed by atoms with van der Waals surface area (Å²) in [7, 11) is 0. The Morgan fingerprint density at radius 2 is 1.87 bits per heavy atom. The van der Waals surface area contributed by atoms with Crippen molar-refractivity contribution in [3.8, 4) is 11.1 Å². The summed E-state index contributed by atoms with van der Waals surface area (Å²) in [5, 5.41) is 29.2. The number of aryl methyl sites for hydroxylation is 1. The van der Waals surface area contributed by atoms with E-state index in [0.717, 1.165) is 11.8 Å². The molecule has 3 aromatic rings. The fourth-order valence-corrected chi connectivity index (χ4v) is 4.57. The highest BCUT2D eigenvalue weighted by Crippen LogP contribution is 2.51. The molecule has 198 valence electrons. The molecule has 2 heterocycles. The summed E-state index contributed by atoms with van der Waals surface area (Å²) in [5.74, 6) is -3.29. The maximum Gasteiger partial charge on any atom is 0.257 e. The predicted octanol–water partition coefficient (Wildman–Crippen LogP) is 3.79. The number of aliphatic hydroxyl groups excluding tert-OH is 1. The summed E-state index contributed by atoms with van der Waals surface area (Å²) >= 11 is 6.00. The number of aromatic nitrogens is 2. The van der Waals surface area contributed by atoms with Crippen molar-refractivity contribution < 1.29 is 34.4 Å². The van der Waals surface area contributed by atoms with Crippen LogP contribution in [-0.2, 0) is 21.8 Å². The minimum Gasteiger partial charge on any atom is -0.396 e. The molecular weight excluding hydrogens is 513 g/mol. The van der Waals surface area contributed by atoms with Crippen LogP contribution in [0.15, 0.2) is 48.5 Å². The first-order chi connectivity index (χ1) is 19.6. The van der Waals surface area contributed by atoms with E-state index in [4.69, 9.17) is 21.8 Å². The number of aliphatic hydroxyl groups is 2. The third kappa shape index (κ3) is 4.39. The van der Waals surface area contributed by atoms with Crippen LogP contribution in [0, 0.1) is 18.2 Å². The van der Waals surface area contributed by atoms with Crippen LogP contribution in [0.4, 0.5) is 4.39 Å². The molecule has 8 nitrogen and oxygen atoms in total. The normalized spacial score (nSPS) is 22.7. The molecule has 0 bridgehead atoms. The van der Waals surface area contributed by atoms with E-state index < -0.39 is 60.0 Å². The first-order valence-electron chi connectivity index (χ1n) is 13.9. The van der Waals surface area contributed by atoms with E-state index in [1.165, 1.54) is 42.5 Å². The van der Waals surface area contributed by atoms with Crippen molar-refractivity contribution in [3.63, 3.8) is 0 Å². The summed E-state index contributed by atoms with van der Waals surface area (Å²) in [5.41, 5.74) is -5.10. The second-order valence-corrected chi connectivity index (χ2v) is 9.93. The van der Waals surface area contributed by atoms with Crippen molar-refractivity contribution in [1.29, 1.82) is 0 Å². The smallest absolute Gasteiger partial charge is 0.257 e. The van der Waals surface area contributed by atoms with Crippen molar-refractivity contribution in [2.24, 2.45) is 5.41 Å². The Bertz CT molecular complexity index is 1560. The third-order valence-electron chi connectivity index (χ3n) is 6.74. The Morgan fingerprint density at radius 1 is 1.18 bits per heavy atom. The molecule has 1 unspecified atom stereocenters. The first-order valence-corrected chi connectivity index (χ1v) is 12.3. The van der Waals surface area contributed by atoms with Crippen molar-refractivity contribution in [2.75, 3.05) is 13.1 Å². The molecule has 2 aliphatic rings. The van der Waals surface area contributed by atoms with Gasteiger partial charge < -0.3 is 14.9 Å². The zero-order valence-corrected chi connectivity index (χ0v) is 21.3. The number of ether oxygens (including phenoxy) is 1. The van der Waals surface area contributed by atoms with Crippen LogP contribution in [-0.4, -0.2) is 56.2 Å². The second kappa shape index (κ2) is 9.81. The van der Waals surface area contributed by atoms with Gasteiger partial charge in [0, 0.05) is 16.0 Å². The summed E-state index contributed by atoms with van der Waals surface area (Å²) in [4.78, 5) is 28.7.